The molecule has 0 atom stereocenters. The van der Waals surface area contributed by atoms with Crippen LogP contribution < -0.4 is 4.74 Å². The Hall–Kier alpha value is -1.58. The van der Waals surface area contributed by atoms with E-state index in [0.29, 0.717) is 12.2 Å². The van der Waals surface area contributed by atoms with Crippen molar-refractivity contribution < 1.29 is 19.0 Å². The molecule has 0 radical (unpaired) electrons. The zero-order chi connectivity index (χ0) is 12.2. The lowest BCUT2D eigenvalue weighted by Gasteiger charge is -2.25. The molecule has 0 heterocycles. The molecule has 0 spiro atoms. The Kier molecular flexibility index (Phi) is 3.88. The van der Waals surface area contributed by atoms with Crippen LogP contribution in [0.15, 0.2) is 24.3 Å². The molecule has 0 fully saturated rings. The molecule has 16 heavy (non-hydrogen) atoms. The van der Waals surface area contributed by atoms with Crippen molar-refractivity contribution >= 4 is 5.97 Å². The number of rotatable bonds is 5. The quantitative estimate of drug-likeness (QED) is 0.839. The van der Waals surface area contributed by atoms with Gasteiger partial charge in [-0.25, -0.2) is 4.39 Å². The van der Waals surface area contributed by atoms with Crippen molar-refractivity contribution in [1.29, 1.82) is 0 Å². The summed E-state index contributed by atoms with van der Waals surface area (Å²) in [6, 6.07) is 5.67. The van der Waals surface area contributed by atoms with Crippen molar-refractivity contribution in [3.8, 4) is 5.75 Å². The van der Waals surface area contributed by atoms with E-state index in [1.165, 1.54) is 24.3 Å². The first-order valence-electron chi connectivity index (χ1n) is 5.05. The molecule has 0 aliphatic rings. The Morgan fingerprint density at radius 2 is 1.94 bits per heavy atom. The fraction of sp³-hybridized carbons (Fsp3) is 0.417. The smallest absolute Gasteiger partial charge is 0.303 e. The van der Waals surface area contributed by atoms with Crippen LogP contribution >= 0.6 is 0 Å². The van der Waals surface area contributed by atoms with Crippen molar-refractivity contribution in [3.05, 3.63) is 30.1 Å². The summed E-state index contributed by atoms with van der Waals surface area (Å²) < 4.78 is 18.2. The van der Waals surface area contributed by atoms with Gasteiger partial charge in [-0.2, -0.15) is 0 Å². The summed E-state index contributed by atoms with van der Waals surface area (Å²) >= 11 is 0. The van der Waals surface area contributed by atoms with Gasteiger partial charge in [0.1, 0.15) is 17.2 Å². The molecule has 0 aliphatic carbocycles. The van der Waals surface area contributed by atoms with Crippen LogP contribution in [-0.2, 0) is 4.79 Å². The molecule has 3 nitrogen and oxygen atoms in total. The molecule has 1 rings (SSSR count). The fourth-order valence-corrected chi connectivity index (χ4v) is 1.28. The van der Waals surface area contributed by atoms with Crippen LogP contribution in [0.4, 0.5) is 4.39 Å². The van der Waals surface area contributed by atoms with E-state index in [1.54, 1.807) is 13.8 Å². The van der Waals surface area contributed by atoms with E-state index in [-0.39, 0.29) is 12.2 Å². The van der Waals surface area contributed by atoms with Gasteiger partial charge in [0, 0.05) is 6.42 Å². The summed E-state index contributed by atoms with van der Waals surface area (Å²) in [4.78, 5) is 10.4. The topological polar surface area (TPSA) is 46.5 Å². The Bertz CT molecular complexity index is 357. The largest absolute Gasteiger partial charge is 0.488 e. The highest BCUT2D eigenvalue weighted by molar-refractivity contribution is 5.66. The van der Waals surface area contributed by atoms with Gasteiger partial charge in [0.25, 0.3) is 0 Å². The first kappa shape index (κ1) is 12.5. The van der Waals surface area contributed by atoms with E-state index in [1.807, 2.05) is 0 Å². The van der Waals surface area contributed by atoms with Crippen LogP contribution in [0, 0.1) is 5.82 Å². The molecule has 1 N–H and O–H groups in total. The number of halogens is 1. The summed E-state index contributed by atoms with van der Waals surface area (Å²) in [5, 5.41) is 8.57. The molecule has 1 aromatic rings. The molecule has 0 saturated carbocycles. The van der Waals surface area contributed by atoms with Crippen molar-refractivity contribution in [3.63, 3.8) is 0 Å². The molecular formula is C12H15FO3. The predicted octanol–water partition coefficient (Wildman–Crippen LogP) is 2.85. The summed E-state index contributed by atoms with van der Waals surface area (Å²) in [5.41, 5.74) is -0.573. The van der Waals surface area contributed by atoms with Crippen molar-refractivity contribution in [2.24, 2.45) is 0 Å². The zero-order valence-electron chi connectivity index (χ0n) is 9.37. The van der Waals surface area contributed by atoms with Crippen LogP contribution in [0.1, 0.15) is 26.7 Å². The number of carboxylic acids is 1. The van der Waals surface area contributed by atoms with Crippen LogP contribution in [0.3, 0.4) is 0 Å². The number of carboxylic acid groups (broad SMARTS) is 1. The monoisotopic (exact) mass is 226 g/mol. The lowest BCUT2D eigenvalue weighted by atomic mass is 10.0. The normalized spacial score (nSPS) is 11.2. The number of hydrogen-bond donors (Lipinski definition) is 1. The number of carbonyl (C=O) groups is 1. The maximum Gasteiger partial charge on any atom is 0.303 e. The van der Waals surface area contributed by atoms with E-state index in [0.717, 1.165) is 0 Å². The average molecular weight is 226 g/mol. The molecule has 4 heteroatoms. The maximum atomic E-state index is 12.6. The summed E-state index contributed by atoms with van der Waals surface area (Å²) in [6.07, 6.45) is 0.452. The highest BCUT2D eigenvalue weighted by Gasteiger charge is 2.21. The maximum absolute atomic E-state index is 12.6. The minimum atomic E-state index is -0.851. The molecule has 0 unspecified atom stereocenters. The minimum absolute atomic E-state index is 0.0498. The molecule has 88 valence electrons. The zero-order valence-corrected chi connectivity index (χ0v) is 9.37. The van der Waals surface area contributed by atoms with Gasteiger partial charge in [-0.1, -0.05) is 0 Å². The van der Waals surface area contributed by atoms with Gasteiger partial charge in [-0.05, 0) is 44.5 Å². The third kappa shape index (κ3) is 4.29. The Balaban J connectivity index is 2.57. The van der Waals surface area contributed by atoms with Crippen LogP contribution in [0.25, 0.3) is 0 Å². The highest BCUT2D eigenvalue weighted by atomic mass is 19.1. The van der Waals surface area contributed by atoms with Gasteiger partial charge < -0.3 is 9.84 Å². The molecule has 1 aromatic carbocycles. The molecule has 0 saturated heterocycles. The van der Waals surface area contributed by atoms with E-state index >= 15 is 0 Å². The van der Waals surface area contributed by atoms with Crippen LogP contribution in [-0.4, -0.2) is 16.7 Å². The summed E-state index contributed by atoms with van der Waals surface area (Å²) in [5.74, 6) is -0.636. The lowest BCUT2D eigenvalue weighted by Crippen LogP contribution is -2.29. The first-order valence-corrected chi connectivity index (χ1v) is 5.05. The second-order valence-electron chi connectivity index (χ2n) is 4.21. The van der Waals surface area contributed by atoms with E-state index in [2.05, 4.69) is 0 Å². The number of benzene rings is 1. The fourth-order valence-electron chi connectivity index (χ4n) is 1.28. The van der Waals surface area contributed by atoms with Gasteiger partial charge in [0.05, 0.1) is 0 Å². The molecule has 0 bridgehead atoms. The van der Waals surface area contributed by atoms with E-state index in [4.69, 9.17) is 9.84 Å². The average Bonchev–Trinajstić information content (AvgIpc) is 2.19. The lowest BCUT2D eigenvalue weighted by molar-refractivity contribution is -0.138. The molecule has 0 aliphatic heterocycles. The predicted molar refractivity (Wildman–Crippen MR) is 58.0 cm³/mol. The Morgan fingerprint density at radius 3 is 2.44 bits per heavy atom. The first-order chi connectivity index (χ1) is 7.39. The van der Waals surface area contributed by atoms with Crippen molar-refractivity contribution in [1.82, 2.24) is 0 Å². The van der Waals surface area contributed by atoms with Gasteiger partial charge in [-0.3, -0.25) is 4.79 Å². The SMILES string of the molecule is CC(C)(CCC(=O)O)Oc1ccc(F)cc1. The van der Waals surface area contributed by atoms with Gasteiger partial charge >= 0.3 is 5.97 Å². The molecule has 0 aromatic heterocycles. The third-order valence-electron chi connectivity index (χ3n) is 2.15. The number of aliphatic carboxylic acids is 1. The molecular weight excluding hydrogens is 211 g/mol. The van der Waals surface area contributed by atoms with Gasteiger partial charge in [0.2, 0.25) is 0 Å². The highest BCUT2D eigenvalue weighted by Crippen LogP contribution is 2.22. The van der Waals surface area contributed by atoms with Crippen molar-refractivity contribution in [2.45, 2.75) is 32.3 Å². The molecule has 0 amide bonds. The number of hydrogen-bond acceptors (Lipinski definition) is 2. The van der Waals surface area contributed by atoms with Gasteiger partial charge in [0.15, 0.2) is 0 Å². The Labute approximate surface area is 93.9 Å². The van der Waals surface area contributed by atoms with E-state index in [9.17, 15) is 9.18 Å². The third-order valence-corrected chi connectivity index (χ3v) is 2.15. The summed E-state index contributed by atoms with van der Waals surface area (Å²) in [7, 11) is 0. The number of ether oxygens (including phenoxy) is 1. The van der Waals surface area contributed by atoms with Crippen LogP contribution in [0.5, 0.6) is 5.75 Å². The van der Waals surface area contributed by atoms with Gasteiger partial charge in [-0.15, -0.1) is 0 Å². The van der Waals surface area contributed by atoms with E-state index < -0.39 is 11.6 Å². The van der Waals surface area contributed by atoms with Crippen LogP contribution in [0.2, 0.25) is 0 Å². The Morgan fingerprint density at radius 1 is 1.38 bits per heavy atom. The van der Waals surface area contributed by atoms with Crippen molar-refractivity contribution in [2.75, 3.05) is 0 Å². The minimum Gasteiger partial charge on any atom is -0.488 e. The summed E-state index contributed by atoms with van der Waals surface area (Å²) in [6.45, 7) is 3.61. The second-order valence-corrected chi connectivity index (χ2v) is 4.21. The standard InChI is InChI=1S/C12H15FO3/c1-12(2,8-7-11(14)15)16-10-5-3-9(13)4-6-10/h3-6H,7-8H2,1-2H3,(H,14,15). The second kappa shape index (κ2) is 4.96.